The number of hydrogen-bond donors (Lipinski definition) is 2. The van der Waals surface area contributed by atoms with Crippen molar-refractivity contribution in [2.75, 3.05) is 35.1 Å². The van der Waals surface area contributed by atoms with Crippen molar-refractivity contribution in [3.8, 4) is 5.75 Å². The molecule has 0 unspecified atom stereocenters. The molecule has 2 heterocycles. The highest BCUT2D eigenvalue weighted by molar-refractivity contribution is 7.92. The van der Waals surface area contributed by atoms with Crippen LogP contribution in [0, 0.1) is 0 Å². The van der Waals surface area contributed by atoms with Gasteiger partial charge in [-0.1, -0.05) is 0 Å². The molecule has 9 nitrogen and oxygen atoms in total. The van der Waals surface area contributed by atoms with Crippen LogP contribution in [0.2, 0.25) is 0 Å². The minimum atomic E-state index is -3.89. The molecule has 2 aromatic carbocycles. The van der Waals surface area contributed by atoms with Gasteiger partial charge in [0.1, 0.15) is 11.4 Å². The summed E-state index contributed by atoms with van der Waals surface area (Å²) in [5.74, 6) is 0.164. The number of nitrogens with one attached hydrogen (secondary N) is 2. The van der Waals surface area contributed by atoms with Crippen molar-refractivity contribution in [3.63, 3.8) is 0 Å². The lowest BCUT2D eigenvalue weighted by Crippen LogP contribution is -2.30. The molecule has 1 aromatic heterocycles. The molecule has 0 radical (unpaired) electrons. The first-order valence-electron chi connectivity index (χ1n) is 10.6. The maximum Gasteiger partial charge on any atom is 0.275 e. The maximum absolute atomic E-state index is 13.1. The lowest BCUT2D eigenvalue weighted by atomic mass is 10.1. The number of methoxy groups -OCH3 is 1. The van der Waals surface area contributed by atoms with E-state index in [9.17, 15) is 13.2 Å². The van der Waals surface area contributed by atoms with Crippen LogP contribution < -0.4 is 19.7 Å². The van der Waals surface area contributed by atoms with Crippen LogP contribution in [0.25, 0.3) is 0 Å². The Hall–Kier alpha value is -3.66. The van der Waals surface area contributed by atoms with Crippen LogP contribution in [0.15, 0.2) is 66.0 Å². The standard InChI is InChI=1S/C23H25N5O4S/c1-32-18-7-5-17(6-8-18)27-33(30,31)19-9-10-22(28-13-3-2-4-14-28)20(15-19)26-23(29)21-16-24-11-12-25-21/h5-12,15-16,27H,2-4,13-14H2,1H3,(H,26,29). The number of carbonyl (C=O) groups is 1. The van der Waals surface area contributed by atoms with Gasteiger partial charge in [-0.05, 0) is 61.7 Å². The van der Waals surface area contributed by atoms with Gasteiger partial charge in [-0.15, -0.1) is 0 Å². The predicted molar refractivity (Wildman–Crippen MR) is 126 cm³/mol. The van der Waals surface area contributed by atoms with Gasteiger partial charge in [-0.3, -0.25) is 14.5 Å². The fourth-order valence-electron chi connectivity index (χ4n) is 3.67. The van der Waals surface area contributed by atoms with Crippen LogP contribution in [-0.4, -0.2) is 44.5 Å². The van der Waals surface area contributed by atoms with Crippen LogP contribution in [0.3, 0.4) is 0 Å². The summed E-state index contributed by atoms with van der Waals surface area (Å²) in [5.41, 5.74) is 1.73. The van der Waals surface area contributed by atoms with E-state index < -0.39 is 15.9 Å². The summed E-state index contributed by atoms with van der Waals surface area (Å²) in [7, 11) is -2.35. The topological polar surface area (TPSA) is 114 Å². The zero-order chi connectivity index (χ0) is 23.3. The third-order valence-corrected chi connectivity index (χ3v) is 6.74. The number of aromatic nitrogens is 2. The van der Waals surface area contributed by atoms with Gasteiger partial charge in [0, 0.05) is 31.2 Å². The lowest BCUT2D eigenvalue weighted by Gasteiger charge is -2.30. The van der Waals surface area contributed by atoms with E-state index >= 15 is 0 Å². The molecule has 10 heteroatoms. The summed E-state index contributed by atoms with van der Waals surface area (Å²) in [4.78, 5) is 22.9. The molecule has 2 N–H and O–H groups in total. The normalized spacial score (nSPS) is 13.9. The average molecular weight is 468 g/mol. The predicted octanol–water partition coefficient (Wildman–Crippen LogP) is 3.53. The molecule has 0 spiro atoms. The van der Waals surface area contributed by atoms with Gasteiger partial charge in [0.2, 0.25) is 0 Å². The molecule has 33 heavy (non-hydrogen) atoms. The van der Waals surface area contributed by atoms with E-state index in [1.807, 2.05) is 0 Å². The monoisotopic (exact) mass is 467 g/mol. The number of rotatable bonds is 7. The molecule has 1 amide bonds. The van der Waals surface area contributed by atoms with Crippen molar-refractivity contribution in [1.82, 2.24) is 9.97 Å². The maximum atomic E-state index is 13.1. The van der Waals surface area contributed by atoms with E-state index in [0.29, 0.717) is 17.1 Å². The van der Waals surface area contributed by atoms with Gasteiger partial charge in [0.25, 0.3) is 15.9 Å². The van der Waals surface area contributed by atoms with Crippen molar-refractivity contribution >= 4 is 33.0 Å². The molecule has 1 fully saturated rings. The Bertz CT molecular complexity index is 1210. The molecule has 1 aliphatic rings. The third kappa shape index (κ3) is 5.40. The zero-order valence-electron chi connectivity index (χ0n) is 18.2. The second-order valence-electron chi connectivity index (χ2n) is 7.61. The highest BCUT2D eigenvalue weighted by Gasteiger charge is 2.21. The fourth-order valence-corrected chi connectivity index (χ4v) is 4.75. The number of ether oxygens (including phenoxy) is 1. The Labute approximate surface area is 192 Å². The molecule has 3 aromatic rings. The number of carbonyl (C=O) groups excluding carboxylic acids is 1. The fraction of sp³-hybridized carbons (Fsp3) is 0.261. The molecule has 0 bridgehead atoms. The third-order valence-electron chi connectivity index (χ3n) is 5.36. The van der Waals surface area contributed by atoms with Gasteiger partial charge >= 0.3 is 0 Å². The molecule has 0 aliphatic carbocycles. The van der Waals surface area contributed by atoms with Gasteiger partial charge in [-0.25, -0.2) is 13.4 Å². The summed E-state index contributed by atoms with van der Waals surface area (Å²) in [5, 5.41) is 2.82. The van der Waals surface area contributed by atoms with Gasteiger partial charge in [0.15, 0.2) is 0 Å². The Kier molecular flexibility index (Phi) is 6.74. The molecule has 172 valence electrons. The number of sulfonamides is 1. The first-order valence-corrected chi connectivity index (χ1v) is 12.1. The molecule has 1 aliphatic heterocycles. The Morgan fingerprint density at radius 1 is 1.03 bits per heavy atom. The molecular weight excluding hydrogens is 442 g/mol. The summed E-state index contributed by atoms with van der Waals surface area (Å²) in [6.45, 7) is 1.68. The van der Waals surface area contributed by atoms with E-state index in [1.54, 1.807) is 43.5 Å². The number of anilines is 3. The quantitative estimate of drug-likeness (QED) is 0.546. The largest absolute Gasteiger partial charge is 0.497 e. The van der Waals surface area contributed by atoms with E-state index in [-0.39, 0.29) is 10.6 Å². The van der Waals surface area contributed by atoms with E-state index in [0.717, 1.165) is 38.0 Å². The number of amides is 1. The number of benzene rings is 2. The van der Waals surface area contributed by atoms with Crippen molar-refractivity contribution < 1.29 is 17.9 Å². The number of piperidine rings is 1. The van der Waals surface area contributed by atoms with Crippen molar-refractivity contribution in [1.29, 1.82) is 0 Å². The molecule has 1 saturated heterocycles. The highest BCUT2D eigenvalue weighted by Crippen LogP contribution is 2.32. The van der Waals surface area contributed by atoms with Crippen LogP contribution in [0.4, 0.5) is 17.1 Å². The molecule has 4 rings (SSSR count). The second kappa shape index (κ2) is 9.86. The first-order chi connectivity index (χ1) is 16.0. The Balaban J connectivity index is 1.65. The van der Waals surface area contributed by atoms with Crippen LogP contribution in [0.5, 0.6) is 5.75 Å². The summed E-state index contributed by atoms with van der Waals surface area (Å²) >= 11 is 0. The Morgan fingerprint density at radius 3 is 2.45 bits per heavy atom. The average Bonchev–Trinajstić information content (AvgIpc) is 2.85. The molecule has 0 saturated carbocycles. The van der Waals surface area contributed by atoms with E-state index in [1.165, 1.54) is 24.7 Å². The van der Waals surface area contributed by atoms with Gasteiger partial charge in [0.05, 0.1) is 29.6 Å². The van der Waals surface area contributed by atoms with Crippen LogP contribution in [0.1, 0.15) is 29.8 Å². The van der Waals surface area contributed by atoms with Crippen molar-refractivity contribution in [2.45, 2.75) is 24.2 Å². The SMILES string of the molecule is COc1ccc(NS(=O)(=O)c2ccc(N3CCCCC3)c(NC(=O)c3cnccn3)c2)cc1. The second-order valence-corrected chi connectivity index (χ2v) is 9.29. The highest BCUT2D eigenvalue weighted by atomic mass is 32.2. The van der Waals surface area contributed by atoms with Gasteiger partial charge in [-0.2, -0.15) is 0 Å². The van der Waals surface area contributed by atoms with Gasteiger partial charge < -0.3 is 15.0 Å². The van der Waals surface area contributed by atoms with Crippen molar-refractivity contribution in [2.24, 2.45) is 0 Å². The summed E-state index contributed by atoms with van der Waals surface area (Å²) in [6.07, 6.45) is 7.50. The van der Waals surface area contributed by atoms with Crippen LogP contribution in [-0.2, 0) is 10.0 Å². The molecular formula is C23H25N5O4S. The molecule has 0 atom stereocenters. The Morgan fingerprint density at radius 2 is 1.79 bits per heavy atom. The van der Waals surface area contributed by atoms with Crippen LogP contribution >= 0.6 is 0 Å². The minimum absolute atomic E-state index is 0.0357. The zero-order valence-corrected chi connectivity index (χ0v) is 19.0. The summed E-state index contributed by atoms with van der Waals surface area (Å²) in [6, 6.07) is 11.3. The van der Waals surface area contributed by atoms with E-state index in [4.69, 9.17) is 4.74 Å². The first kappa shape index (κ1) is 22.5. The number of nitrogens with zero attached hydrogens (tertiary/aromatic N) is 3. The van der Waals surface area contributed by atoms with E-state index in [2.05, 4.69) is 24.9 Å². The van der Waals surface area contributed by atoms with Crippen molar-refractivity contribution in [3.05, 3.63) is 66.7 Å². The number of hydrogen-bond acceptors (Lipinski definition) is 7. The minimum Gasteiger partial charge on any atom is -0.497 e. The summed E-state index contributed by atoms with van der Waals surface area (Å²) < 4.78 is 33.8. The smallest absolute Gasteiger partial charge is 0.275 e. The lowest BCUT2D eigenvalue weighted by molar-refractivity contribution is 0.102.